The largest absolute Gasteiger partial charge is 0.331 e. The minimum atomic E-state index is -2.96. The van der Waals surface area contributed by atoms with Gasteiger partial charge in [-0.25, -0.2) is 0 Å². The second kappa shape index (κ2) is 7.04. The summed E-state index contributed by atoms with van der Waals surface area (Å²) in [5, 5.41) is 3.44. The molecule has 0 aromatic rings. The number of nitrogens with one attached hydrogen (secondary N) is 1. The molecule has 0 amide bonds. The molecule has 5 heteroatoms. The van der Waals surface area contributed by atoms with Gasteiger partial charge in [-0.1, -0.05) is 13.8 Å². The molecule has 0 aliphatic heterocycles. The molecular weight excluding hydrogens is 249 g/mol. The molecule has 0 saturated carbocycles. The zero-order chi connectivity index (χ0) is 14.4. The van der Waals surface area contributed by atoms with Gasteiger partial charge in [0, 0.05) is 12.1 Å². The van der Waals surface area contributed by atoms with Gasteiger partial charge >= 0.3 is 7.60 Å². The molecule has 0 saturated heterocycles. The van der Waals surface area contributed by atoms with Gasteiger partial charge in [-0.15, -0.1) is 0 Å². The van der Waals surface area contributed by atoms with Gasteiger partial charge in [-0.3, -0.25) is 4.57 Å². The Labute approximate surface area is 112 Å². The monoisotopic (exact) mass is 279 g/mol. The summed E-state index contributed by atoms with van der Waals surface area (Å²) in [6, 6.07) is 0. The Balaban J connectivity index is 4.55. The molecular formula is C13H30NO3P. The van der Waals surface area contributed by atoms with E-state index in [1.165, 1.54) is 0 Å². The molecule has 4 nitrogen and oxygen atoms in total. The first-order valence-corrected chi connectivity index (χ1v) is 8.39. The Morgan fingerprint density at radius 1 is 1.00 bits per heavy atom. The Bertz CT molecular complexity index is 274. The number of hydrogen-bond donors (Lipinski definition) is 1. The molecule has 0 aliphatic carbocycles. The highest BCUT2D eigenvalue weighted by atomic mass is 31.2. The van der Waals surface area contributed by atoms with Crippen LogP contribution in [0.1, 0.15) is 48.5 Å². The lowest BCUT2D eigenvalue weighted by Gasteiger charge is -2.32. The van der Waals surface area contributed by atoms with Crippen LogP contribution in [-0.2, 0) is 13.6 Å². The Kier molecular flexibility index (Phi) is 7.09. The summed E-state index contributed by atoms with van der Waals surface area (Å²) in [4.78, 5) is 0. The fraction of sp³-hybridized carbons (Fsp3) is 1.00. The molecule has 18 heavy (non-hydrogen) atoms. The highest BCUT2D eigenvalue weighted by Crippen LogP contribution is 2.52. The van der Waals surface area contributed by atoms with Crippen LogP contribution in [0.15, 0.2) is 0 Å². The van der Waals surface area contributed by atoms with Crippen LogP contribution < -0.4 is 5.32 Å². The van der Waals surface area contributed by atoms with Crippen molar-refractivity contribution in [3.8, 4) is 0 Å². The minimum Gasteiger partial charge on any atom is -0.312 e. The van der Waals surface area contributed by atoms with Gasteiger partial charge in [0.05, 0.1) is 19.4 Å². The quantitative estimate of drug-likeness (QED) is 0.689. The Morgan fingerprint density at radius 2 is 1.44 bits per heavy atom. The van der Waals surface area contributed by atoms with Crippen molar-refractivity contribution in [1.29, 1.82) is 0 Å². The molecule has 0 spiro atoms. The Hall–Kier alpha value is 0.110. The van der Waals surface area contributed by atoms with E-state index in [1.54, 1.807) is 0 Å². The fourth-order valence-electron chi connectivity index (χ4n) is 1.61. The highest BCUT2D eigenvalue weighted by Gasteiger charge is 2.33. The summed E-state index contributed by atoms with van der Waals surface area (Å²) >= 11 is 0. The lowest BCUT2D eigenvalue weighted by molar-refractivity contribution is 0.204. The topological polar surface area (TPSA) is 47.6 Å². The van der Waals surface area contributed by atoms with Crippen LogP contribution in [-0.4, -0.2) is 31.5 Å². The molecule has 0 atom stereocenters. The summed E-state index contributed by atoms with van der Waals surface area (Å²) in [6.45, 7) is 15.8. The second-order valence-corrected chi connectivity index (χ2v) is 8.43. The van der Waals surface area contributed by atoms with E-state index in [2.05, 4.69) is 39.9 Å². The maximum absolute atomic E-state index is 12.5. The predicted molar refractivity (Wildman–Crippen MR) is 77.3 cm³/mol. The molecule has 0 aliphatic rings. The van der Waals surface area contributed by atoms with Gasteiger partial charge in [0.25, 0.3) is 0 Å². The van der Waals surface area contributed by atoms with Crippen molar-refractivity contribution in [3.63, 3.8) is 0 Å². The van der Waals surface area contributed by atoms with Crippen LogP contribution in [0.5, 0.6) is 0 Å². The first kappa shape index (κ1) is 18.1. The van der Waals surface area contributed by atoms with Crippen molar-refractivity contribution in [3.05, 3.63) is 0 Å². The van der Waals surface area contributed by atoms with E-state index in [-0.39, 0.29) is 11.0 Å². The zero-order valence-corrected chi connectivity index (χ0v) is 13.9. The van der Waals surface area contributed by atoms with Crippen LogP contribution in [0.2, 0.25) is 0 Å². The smallest absolute Gasteiger partial charge is 0.312 e. The van der Waals surface area contributed by atoms with Gasteiger partial charge in [0.1, 0.15) is 0 Å². The minimum absolute atomic E-state index is 0.0541. The highest BCUT2D eigenvalue weighted by molar-refractivity contribution is 7.53. The van der Waals surface area contributed by atoms with Gasteiger partial charge in [-0.2, -0.15) is 0 Å². The zero-order valence-electron chi connectivity index (χ0n) is 13.0. The van der Waals surface area contributed by atoms with Crippen LogP contribution >= 0.6 is 7.60 Å². The average molecular weight is 279 g/mol. The predicted octanol–water partition coefficient (Wildman–Crippen LogP) is 3.67. The van der Waals surface area contributed by atoms with Crippen LogP contribution in [0.3, 0.4) is 0 Å². The van der Waals surface area contributed by atoms with Gasteiger partial charge in [0.15, 0.2) is 0 Å². The first-order chi connectivity index (χ1) is 8.04. The van der Waals surface area contributed by atoms with E-state index in [1.807, 2.05) is 13.8 Å². The van der Waals surface area contributed by atoms with E-state index in [0.717, 1.165) is 6.54 Å². The molecule has 0 unspecified atom stereocenters. The van der Waals surface area contributed by atoms with Crippen LogP contribution in [0.4, 0.5) is 0 Å². The molecule has 0 aromatic heterocycles. The molecule has 0 heterocycles. The lowest BCUT2D eigenvalue weighted by atomic mass is 9.95. The van der Waals surface area contributed by atoms with Gasteiger partial charge in [0.2, 0.25) is 0 Å². The summed E-state index contributed by atoms with van der Waals surface area (Å²) in [5.74, 6) is 0. The Morgan fingerprint density at radius 3 is 1.78 bits per heavy atom. The van der Waals surface area contributed by atoms with E-state index >= 15 is 0 Å². The van der Waals surface area contributed by atoms with E-state index < -0.39 is 7.60 Å². The number of rotatable bonds is 8. The third-order valence-electron chi connectivity index (χ3n) is 2.37. The summed E-state index contributed by atoms with van der Waals surface area (Å²) < 4.78 is 23.2. The SMILES string of the molecule is CCOP(=O)(CC(C)(C)CNC(C)(C)C)OCC. The van der Waals surface area contributed by atoms with Gasteiger partial charge in [-0.05, 0) is 40.0 Å². The molecule has 0 radical (unpaired) electrons. The molecule has 1 N–H and O–H groups in total. The summed E-state index contributed by atoms with van der Waals surface area (Å²) in [6.07, 6.45) is 0.435. The van der Waals surface area contributed by atoms with Crippen LogP contribution in [0.25, 0.3) is 0 Å². The van der Waals surface area contributed by atoms with Crippen LogP contribution in [0, 0.1) is 5.41 Å². The molecule has 110 valence electrons. The standard InChI is InChI=1S/C13H30NO3P/c1-8-16-18(15,17-9-2)11-13(6,7)10-14-12(3,4)5/h14H,8-11H2,1-7H3. The fourth-order valence-corrected chi connectivity index (χ4v) is 3.81. The maximum atomic E-state index is 12.5. The molecule has 0 fully saturated rings. The summed E-state index contributed by atoms with van der Waals surface area (Å²) in [7, 11) is -2.96. The second-order valence-electron chi connectivity index (χ2n) is 6.37. The van der Waals surface area contributed by atoms with Crippen molar-refractivity contribution in [2.45, 2.75) is 54.0 Å². The van der Waals surface area contributed by atoms with Crippen molar-refractivity contribution in [2.75, 3.05) is 25.9 Å². The maximum Gasteiger partial charge on any atom is 0.331 e. The first-order valence-electron chi connectivity index (χ1n) is 6.67. The molecule has 0 bridgehead atoms. The third kappa shape index (κ3) is 8.25. The molecule has 0 rings (SSSR count). The van der Waals surface area contributed by atoms with E-state index in [9.17, 15) is 4.57 Å². The van der Waals surface area contributed by atoms with Crippen molar-refractivity contribution >= 4 is 7.60 Å². The average Bonchev–Trinajstić information content (AvgIpc) is 2.13. The summed E-state index contributed by atoms with van der Waals surface area (Å²) in [5.41, 5.74) is -0.0777. The lowest BCUT2D eigenvalue weighted by Crippen LogP contribution is -2.43. The van der Waals surface area contributed by atoms with Crippen molar-refractivity contribution in [2.24, 2.45) is 5.41 Å². The van der Waals surface area contributed by atoms with Gasteiger partial charge < -0.3 is 14.4 Å². The molecule has 0 aromatic carbocycles. The van der Waals surface area contributed by atoms with E-state index in [0.29, 0.717) is 19.4 Å². The van der Waals surface area contributed by atoms with Crippen molar-refractivity contribution in [1.82, 2.24) is 5.32 Å². The third-order valence-corrected chi connectivity index (χ3v) is 4.92. The van der Waals surface area contributed by atoms with E-state index in [4.69, 9.17) is 9.05 Å². The van der Waals surface area contributed by atoms with Crippen molar-refractivity contribution < 1.29 is 13.6 Å². The number of hydrogen-bond acceptors (Lipinski definition) is 4. The normalized spacial score (nSPS) is 13.9.